The Balaban J connectivity index is 2.10. The van der Waals surface area contributed by atoms with Crippen LogP contribution in [0.5, 0.6) is 0 Å². The van der Waals surface area contributed by atoms with Crippen LogP contribution in [-0.4, -0.2) is 19.0 Å². The fourth-order valence-corrected chi connectivity index (χ4v) is 2.42. The Hall–Kier alpha value is -1.06. The van der Waals surface area contributed by atoms with Gasteiger partial charge in [-0.1, -0.05) is 24.6 Å². The van der Waals surface area contributed by atoms with E-state index in [4.69, 9.17) is 11.6 Å². The number of hydrogen-bond donors (Lipinski definition) is 2. The highest BCUT2D eigenvalue weighted by Gasteiger charge is 2.39. The van der Waals surface area contributed by atoms with Crippen molar-refractivity contribution >= 4 is 23.2 Å². The fraction of sp³-hybridized carbons (Fsp3) is 0.462. The molecule has 0 spiro atoms. The first-order valence-corrected chi connectivity index (χ1v) is 6.32. The summed E-state index contributed by atoms with van der Waals surface area (Å²) < 4.78 is 0. The largest absolute Gasteiger partial charge is 0.326 e. The van der Waals surface area contributed by atoms with Crippen LogP contribution in [0.1, 0.15) is 19.8 Å². The summed E-state index contributed by atoms with van der Waals surface area (Å²) >= 11 is 5.89. The highest BCUT2D eigenvalue weighted by molar-refractivity contribution is 6.30. The summed E-state index contributed by atoms with van der Waals surface area (Å²) in [5, 5.41) is 6.85. The minimum atomic E-state index is -0.262. The molecule has 0 aliphatic carbocycles. The third kappa shape index (κ3) is 2.61. The maximum atomic E-state index is 12.3. The van der Waals surface area contributed by atoms with E-state index in [1.54, 1.807) is 12.1 Å². The maximum Gasteiger partial charge on any atom is 0.231 e. The van der Waals surface area contributed by atoms with E-state index in [1.165, 1.54) is 0 Å². The number of nitrogens with one attached hydrogen (secondary N) is 2. The van der Waals surface area contributed by atoms with Gasteiger partial charge in [0.25, 0.3) is 0 Å². The minimum absolute atomic E-state index is 0.0901. The molecule has 1 aliphatic rings. The standard InChI is InChI=1S/C13H17ClN2O/c1-2-13(6-7-15-9-13)12(17)16-11-5-3-4-10(14)8-11/h3-5,8,15H,2,6-7,9H2,1H3,(H,16,17). The molecule has 1 unspecified atom stereocenters. The van der Waals surface area contributed by atoms with Gasteiger partial charge in [0.2, 0.25) is 5.91 Å². The van der Waals surface area contributed by atoms with Crippen LogP contribution in [0.2, 0.25) is 5.02 Å². The molecule has 0 aromatic heterocycles. The van der Waals surface area contributed by atoms with Crippen LogP contribution in [0.25, 0.3) is 0 Å². The molecule has 1 aromatic carbocycles. The van der Waals surface area contributed by atoms with Crippen molar-refractivity contribution in [2.75, 3.05) is 18.4 Å². The summed E-state index contributed by atoms with van der Waals surface area (Å²) in [6.07, 6.45) is 1.75. The van der Waals surface area contributed by atoms with Crippen molar-refractivity contribution in [3.63, 3.8) is 0 Å². The third-order valence-corrected chi connectivity index (χ3v) is 3.72. The van der Waals surface area contributed by atoms with Gasteiger partial charge in [-0.3, -0.25) is 4.79 Å². The van der Waals surface area contributed by atoms with Gasteiger partial charge in [-0.2, -0.15) is 0 Å². The summed E-state index contributed by atoms with van der Waals surface area (Å²) in [6.45, 7) is 3.73. The Morgan fingerprint density at radius 1 is 1.59 bits per heavy atom. The number of halogens is 1. The molecular formula is C13H17ClN2O. The van der Waals surface area contributed by atoms with Crippen LogP contribution >= 0.6 is 11.6 Å². The third-order valence-electron chi connectivity index (χ3n) is 3.48. The average molecular weight is 253 g/mol. The molecule has 1 amide bonds. The fourth-order valence-electron chi connectivity index (χ4n) is 2.23. The maximum absolute atomic E-state index is 12.3. The molecule has 3 nitrogen and oxygen atoms in total. The lowest BCUT2D eigenvalue weighted by Crippen LogP contribution is -2.37. The summed E-state index contributed by atoms with van der Waals surface area (Å²) in [5.74, 6) is 0.0901. The molecule has 2 rings (SSSR count). The zero-order chi connectivity index (χ0) is 12.3. The van der Waals surface area contributed by atoms with E-state index in [1.807, 2.05) is 12.1 Å². The van der Waals surface area contributed by atoms with Crippen LogP contribution in [0, 0.1) is 5.41 Å². The van der Waals surface area contributed by atoms with Gasteiger partial charge in [0.1, 0.15) is 0 Å². The highest BCUT2D eigenvalue weighted by Crippen LogP contribution is 2.31. The zero-order valence-electron chi connectivity index (χ0n) is 9.92. The van der Waals surface area contributed by atoms with E-state index in [2.05, 4.69) is 17.6 Å². The molecule has 1 aromatic rings. The molecule has 1 fully saturated rings. The second-order valence-corrected chi connectivity index (χ2v) is 4.96. The first-order chi connectivity index (χ1) is 8.16. The highest BCUT2D eigenvalue weighted by atomic mass is 35.5. The van der Waals surface area contributed by atoms with Crippen LogP contribution in [-0.2, 0) is 4.79 Å². The lowest BCUT2D eigenvalue weighted by molar-refractivity contribution is -0.124. The van der Waals surface area contributed by atoms with Gasteiger partial charge in [-0.15, -0.1) is 0 Å². The van der Waals surface area contributed by atoms with Gasteiger partial charge in [0, 0.05) is 17.3 Å². The van der Waals surface area contributed by atoms with E-state index in [9.17, 15) is 4.79 Å². The Morgan fingerprint density at radius 3 is 3.00 bits per heavy atom. The molecule has 17 heavy (non-hydrogen) atoms. The van der Waals surface area contributed by atoms with Crippen LogP contribution in [0.4, 0.5) is 5.69 Å². The van der Waals surface area contributed by atoms with Crippen molar-refractivity contribution in [2.24, 2.45) is 5.41 Å². The molecule has 92 valence electrons. The summed E-state index contributed by atoms with van der Waals surface area (Å²) in [5.41, 5.74) is 0.504. The van der Waals surface area contributed by atoms with Crippen LogP contribution in [0.3, 0.4) is 0 Å². The van der Waals surface area contributed by atoms with E-state index >= 15 is 0 Å². The number of carbonyl (C=O) groups is 1. The van der Waals surface area contributed by atoms with Crippen molar-refractivity contribution in [1.82, 2.24) is 5.32 Å². The van der Waals surface area contributed by atoms with E-state index in [0.29, 0.717) is 5.02 Å². The van der Waals surface area contributed by atoms with E-state index in [0.717, 1.165) is 31.6 Å². The molecule has 0 radical (unpaired) electrons. The number of rotatable bonds is 3. The van der Waals surface area contributed by atoms with Gasteiger partial charge in [0.05, 0.1) is 5.41 Å². The first-order valence-electron chi connectivity index (χ1n) is 5.94. The second kappa shape index (κ2) is 5.07. The normalized spacial score (nSPS) is 23.6. The number of hydrogen-bond acceptors (Lipinski definition) is 2. The first kappa shape index (κ1) is 12.4. The number of amides is 1. The van der Waals surface area contributed by atoms with Gasteiger partial charge < -0.3 is 10.6 Å². The molecule has 0 saturated carbocycles. The molecule has 2 N–H and O–H groups in total. The van der Waals surface area contributed by atoms with Crippen molar-refractivity contribution in [3.8, 4) is 0 Å². The molecule has 1 saturated heterocycles. The van der Waals surface area contributed by atoms with Gasteiger partial charge in [-0.05, 0) is 37.6 Å². The van der Waals surface area contributed by atoms with E-state index in [-0.39, 0.29) is 11.3 Å². The summed E-state index contributed by atoms with van der Waals surface area (Å²) in [4.78, 5) is 12.3. The van der Waals surface area contributed by atoms with Crippen LogP contribution in [0.15, 0.2) is 24.3 Å². The predicted octanol–water partition coefficient (Wildman–Crippen LogP) is 2.67. The monoisotopic (exact) mass is 252 g/mol. The molecular weight excluding hydrogens is 236 g/mol. The Labute approximate surface area is 107 Å². The number of carbonyl (C=O) groups excluding carboxylic acids is 1. The molecule has 1 heterocycles. The number of benzene rings is 1. The quantitative estimate of drug-likeness (QED) is 0.869. The van der Waals surface area contributed by atoms with Crippen molar-refractivity contribution in [1.29, 1.82) is 0 Å². The Bertz CT molecular complexity index is 414. The Kier molecular flexibility index (Phi) is 3.69. The van der Waals surface area contributed by atoms with Crippen molar-refractivity contribution in [3.05, 3.63) is 29.3 Å². The summed E-state index contributed by atoms with van der Waals surface area (Å²) in [6, 6.07) is 7.26. The zero-order valence-corrected chi connectivity index (χ0v) is 10.7. The smallest absolute Gasteiger partial charge is 0.231 e. The van der Waals surface area contributed by atoms with Crippen molar-refractivity contribution in [2.45, 2.75) is 19.8 Å². The second-order valence-electron chi connectivity index (χ2n) is 4.53. The number of anilines is 1. The van der Waals surface area contributed by atoms with Gasteiger partial charge >= 0.3 is 0 Å². The van der Waals surface area contributed by atoms with Gasteiger partial charge in [-0.25, -0.2) is 0 Å². The van der Waals surface area contributed by atoms with Crippen molar-refractivity contribution < 1.29 is 4.79 Å². The SMILES string of the molecule is CCC1(C(=O)Nc2cccc(Cl)c2)CCNC1. The lowest BCUT2D eigenvalue weighted by Gasteiger charge is -2.25. The average Bonchev–Trinajstić information content (AvgIpc) is 2.78. The minimum Gasteiger partial charge on any atom is -0.326 e. The molecule has 4 heteroatoms. The molecule has 0 bridgehead atoms. The van der Waals surface area contributed by atoms with Gasteiger partial charge in [0.15, 0.2) is 0 Å². The Morgan fingerprint density at radius 2 is 2.41 bits per heavy atom. The van der Waals surface area contributed by atoms with E-state index < -0.39 is 0 Å². The summed E-state index contributed by atoms with van der Waals surface area (Å²) in [7, 11) is 0. The lowest BCUT2D eigenvalue weighted by atomic mass is 9.83. The molecule has 1 atom stereocenters. The topological polar surface area (TPSA) is 41.1 Å². The molecule has 1 aliphatic heterocycles. The predicted molar refractivity (Wildman–Crippen MR) is 70.3 cm³/mol. The van der Waals surface area contributed by atoms with Crippen LogP contribution < -0.4 is 10.6 Å².